The predicted molar refractivity (Wildman–Crippen MR) is 96.5 cm³/mol. The standard InChI is InChI=1S/C20H22N2O3/c1-14-5-3-4-6-15(14)12-21-20(24)16-11-19(23)22(13-16)17-7-9-18(25-2)10-8-17/h3-10,16H,11-13H2,1-2H3,(H,21,24). The van der Waals surface area contributed by atoms with Gasteiger partial charge in [-0.25, -0.2) is 0 Å². The van der Waals surface area contributed by atoms with Crippen molar-refractivity contribution in [3.63, 3.8) is 0 Å². The summed E-state index contributed by atoms with van der Waals surface area (Å²) in [5.74, 6) is 0.315. The maximum Gasteiger partial charge on any atom is 0.227 e. The van der Waals surface area contributed by atoms with Crippen molar-refractivity contribution in [1.82, 2.24) is 5.32 Å². The van der Waals surface area contributed by atoms with Crippen LogP contribution in [0.5, 0.6) is 5.75 Å². The lowest BCUT2D eigenvalue weighted by Crippen LogP contribution is -2.32. The third-order valence-corrected chi connectivity index (χ3v) is 4.59. The zero-order valence-electron chi connectivity index (χ0n) is 14.5. The van der Waals surface area contributed by atoms with E-state index in [1.54, 1.807) is 12.0 Å². The monoisotopic (exact) mass is 338 g/mol. The first-order valence-corrected chi connectivity index (χ1v) is 8.35. The summed E-state index contributed by atoms with van der Waals surface area (Å²) >= 11 is 0. The van der Waals surface area contributed by atoms with E-state index in [2.05, 4.69) is 5.32 Å². The van der Waals surface area contributed by atoms with Crippen molar-refractivity contribution in [3.05, 3.63) is 59.7 Å². The van der Waals surface area contributed by atoms with Gasteiger partial charge in [0.2, 0.25) is 11.8 Å². The molecule has 0 saturated carbocycles. The van der Waals surface area contributed by atoms with Gasteiger partial charge in [-0.05, 0) is 42.3 Å². The molecule has 130 valence electrons. The minimum absolute atomic E-state index is 0.0267. The van der Waals surface area contributed by atoms with Gasteiger partial charge in [-0.15, -0.1) is 0 Å². The van der Waals surface area contributed by atoms with Crippen LogP contribution in [0.3, 0.4) is 0 Å². The van der Waals surface area contributed by atoms with E-state index in [4.69, 9.17) is 4.74 Å². The summed E-state index contributed by atoms with van der Waals surface area (Å²) < 4.78 is 5.13. The highest BCUT2D eigenvalue weighted by Crippen LogP contribution is 2.27. The summed E-state index contributed by atoms with van der Waals surface area (Å²) in [6.07, 6.45) is 0.242. The molecule has 1 heterocycles. The molecule has 1 saturated heterocycles. The third kappa shape index (κ3) is 3.82. The second kappa shape index (κ2) is 7.38. The second-order valence-electron chi connectivity index (χ2n) is 6.25. The Morgan fingerprint density at radius 1 is 1.20 bits per heavy atom. The summed E-state index contributed by atoms with van der Waals surface area (Å²) in [4.78, 5) is 26.4. The van der Waals surface area contributed by atoms with Crippen LogP contribution < -0.4 is 15.0 Å². The van der Waals surface area contributed by atoms with Crippen LogP contribution in [0.25, 0.3) is 0 Å². The van der Waals surface area contributed by atoms with Gasteiger partial charge in [0.05, 0.1) is 13.0 Å². The van der Waals surface area contributed by atoms with Gasteiger partial charge >= 0.3 is 0 Å². The number of rotatable bonds is 5. The highest BCUT2D eigenvalue weighted by Gasteiger charge is 2.35. The molecule has 0 bridgehead atoms. The van der Waals surface area contributed by atoms with E-state index in [1.807, 2.05) is 55.5 Å². The molecule has 1 aliphatic rings. The van der Waals surface area contributed by atoms with E-state index in [-0.39, 0.29) is 24.2 Å². The topological polar surface area (TPSA) is 58.6 Å². The van der Waals surface area contributed by atoms with Gasteiger partial charge in [-0.2, -0.15) is 0 Å². The van der Waals surface area contributed by atoms with E-state index in [9.17, 15) is 9.59 Å². The number of methoxy groups -OCH3 is 1. The summed E-state index contributed by atoms with van der Waals surface area (Å²) in [6.45, 7) is 2.91. The van der Waals surface area contributed by atoms with Crippen LogP contribution in [-0.2, 0) is 16.1 Å². The van der Waals surface area contributed by atoms with Crippen molar-refractivity contribution in [2.45, 2.75) is 19.9 Å². The second-order valence-corrected chi connectivity index (χ2v) is 6.25. The molecule has 25 heavy (non-hydrogen) atoms. The number of nitrogens with one attached hydrogen (secondary N) is 1. The Kier molecular flexibility index (Phi) is 5.03. The number of hydrogen-bond donors (Lipinski definition) is 1. The fourth-order valence-corrected chi connectivity index (χ4v) is 3.03. The minimum Gasteiger partial charge on any atom is -0.497 e. The molecule has 0 radical (unpaired) electrons. The number of hydrogen-bond acceptors (Lipinski definition) is 3. The van der Waals surface area contributed by atoms with Crippen molar-refractivity contribution in [3.8, 4) is 5.75 Å². The number of ether oxygens (including phenoxy) is 1. The van der Waals surface area contributed by atoms with Crippen molar-refractivity contribution in [1.29, 1.82) is 0 Å². The highest BCUT2D eigenvalue weighted by molar-refractivity contribution is 6.00. The molecule has 2 amide bonds. The SMILES string of the molecule is COc1ccc(N2CC(C(=O)NCc3ccccc3C)CC2=O)cc1. The van der Waals surface area contributed by atoms with E-state index >= 15 is 0 Å². The Morgan fingerprint density at radius 3 is 2.60 bits per heavy atom. The van der Waals surface area contributed by atoms with Crippen molar-refractivity contribution < 1.29 is 14.3 Å². The predicted octanol–water partition coefficient (Wildman–Crippen LogP) is 2.67. The largest absolute Gasteiger partial charge is 0.497 e. The number of benzene rings is 2. The first kappa shape index (κ1) is 17.0. The lowest BCUT2D eigenvalue weighted by molar-refractivity contribution is -0.126. The van der Waals surface area contributed by atoms with E-state index < -0.39 is 0 Å². The molecule has 5 heteroatoms. The fourth-order valence-electron chi connectivity index (χ4n) is 3.03. The molecular formula is C20H22N2O3. The summed E-state index contributed by atoms with van der Waals surface area (Å²) in [7, 11) is 1.60. The zero-order valence-corrected chi connectivity index (χ0v) is 14.5. The first-order chi connectivity index (χ1) is 12.1. The van der Waals surface area contributed by atoms with Crippen molar-refractivity contribution in [2.75, 3.05) is 18.6 Å². The molecule has 1 N–H and O–H groups in total. The number of anilines is 1. The molecule has 2 aromatic carbocycles. The normalized spacial score (nSPS) is 16.8. The third-order valence-electron chi connectivity index (χ3n) is 4.59. The number of nitrogens with zero attached hydrogens (tertiary/aromatic N) is 1. The van der Waals surface area contributed by atoms with Crippen LogP contribution in [0.4, 0.5) is 5.69 Å². The first-order valence-electron chi connectivity index (χ1n) is 8.35. The molecule has 5 nitrogen and oxygen atoms in total. The molecule has 3 rings (SSSR count). The molecule has 2 aromatic rings. The van der Waals surface area contributed by atoms with Gasteiger partial charge in [0.25, 0.3) is 0 Å². The Bertz CT molecular complexity index is 771. The molecule has 0 aromatic heterocycles. The highest BCUT2D eigenvalue weighted by atomic mass is 16.5. The summed E-state index contributed by atoms with van der Waals surface area (Å²) in [5.41, 5.74) is 3.03. The number of aryl methyl sites for hydroxylation is 1. The minimum atomic E-state index is -0.321. The van der Waals surface area contributed by atoms with Crippen LogP contribution in [0.15, 0.2) is 48.5 Å². The Balaban J connectivity index is 1.61. The van der Waals surface area contributed by atoms with Gasteiger partial charge in [-0.3, -0.25) is 9.59 Å². The van der Waals surface area contributed by atoms with Gasteiger partial charge < -0.3 is 15.0 Å². The van der Waals surface area contributed by atoms with Crippen LogP contribution in [0.2, 0.25) is 0 Å². The number of amides is 2. The van der Waals surface area contributed by atoms with Gasteiger partial charge in [0, 0.05) is 25.2 Å². The molecule has 0 spiro atoms. The number of carbonyl (C=O) groups is 2. The Labute approximate surface area is 147 Å². The number of carbonyl (C=O) groups excluding carboxylic acids is 2. The smallest absolute Gasteiger partial charge is 0.227 e. The molecule has 1 aliphatic heterocycles. The zero-order chi connectivity index (χ0) is 17.8. The van der Waals surface area contributed by atoms with E-state index in [1.165, 1.54) is 0 Å². The molecule has 1 unspecified atom stereocenters. The quantitative estimate of drug-likeness (QED) is 0.912. The van der Waals surface area contributed by atoms with Crippen LogP contribution in [0.1, 0.15) is 17.5 Å². The Hall–Kier alpha value is -2.82. The maximum absolute atomic E-state index is 12.4. The average molecular weight is 338 g/mol. The lowest BCUT2D eigenvalue weighted by Gasteiger charge is -2.17. The van der Waals surface area contributed by atoms with Crippen molar-refractivity contribution >= 4 is 17.5 Å². The van der Waals surface area contributed by atoms with E-state index in [0.29, 0.717) is 13.1 Å². The fraction of sp³-hybridized carbons (Fsp3) is 0.300. The van der Waals surface area contributed by atoms with E-state index in [0.717, 1.165) is 22.6 Å². The summed E-state index contributed by atoms with van der Waals surface area (Å²) in [6, 6.07) is 15.3. The molecule has 0 aliphatic carbocycles. The lowest BCUT2D eigenvalue weighted by atomic mass is 10.1. The Morgan fingerprint density at radius 2 is 1.92 bits per heavy atom. The van der Waals surface area contributed by atoms with Crippen LogP contribution in [-0.4, -0.2) is 25.5 Å². The maximum atomic E-state index is 12.4. The summed E-state index contributed by atoms with van der Waals surface area (Å²) in [5, 5.41) is 2.95. The van der Waals surface area contributed by atoms with Gasteiger partial charge in [0.15, 0.2) is 0 Å². The van der Waals surface area contributed by atoms with Gasteiger partial charge in [0.1, 0.15) is 5.75 Å². The molecular weight excluding hydrogens is 316 g/mol. The average Bonchev–Trinajstić information content (AvgIpc) is 3.03. The molecule has 1 atom stereocenters. The van der Waals surface area contributed by atoms with Gasteiger partial charge in [-0.1, -0.05) is 24.3 Å². The van der Waals surface area contributed by atoms with Crippen LogP contribution >= 0.6 is 0 Å². The van der Waals surface area contributed by atoms with Crippen molar-refractivity contribution in [2.24, 2.45) is 5.92 Å². The molecule has 1 fully saturated rings. The van der Waals surface area contributed by atoms with Crippen LogP contribution in [0, 0.1) is 12.8 Å².